The first-order valence-electron chi connectivity index (χ1n) is 5.19. The standard InChI is InChI=1S/C12H18FNO/c1-9(2)14-7-6-10-8-11(13)4-5-12(10)15-3/h4-5,8-9,14H,6-7H2,1-3H3. The van der Waals surface area contributed by atoms with Gasteiger partial charge in [-0.25, -0.2) is 4.39 Å². The van der Waals surface area contributed by atoms with Crippen LogP contribution in [0.3, 0.4) is 0 Å². The lowest BCUT2D eigenvalue weighted by atomic mass is 10.1. The zero-order chi connectivity index (χ0) is 11.3. The number of ether oxygens (including phenoxy) is 1. The van der Waals surface area contributed by atoms with Gasteiger partial charge in [-0.3, -0.25) is 0 Å². The Morgan fingerprint density at radius 3 is 2.73 bits per heavy atom. The minimum atomic E-state index is -0.213. The van der Waals surface area contributed by atoms with E-state index in [1.807, 2.05) is 0 Å². The molecule has 84 valence electrons. The highest BCUT2D eigenvalue weighted by atomic mass is 19.1. The number of hydrogen-bond donors (Lipinski definition) is 1. The minimum Gasteiger partial charge on any atom is -0.496 e. The molecular weight excluding hydrogens is 193 g/mol. The molecule has 1 rings (SSSR count). The molecule has 0 radical (unpaired) electrons. The molecule has 0 aliphatic carbocycles. The SMILES string of the molecule is COc1ccc(F)cc1CCNC(C)C. The van der Waals surface area contributed by atoms with Gasteiger partial charge >= 0.3 is 0 Å². The smallest absolute Gasteiger partial charge is 0.123 e. The molecule has 0 amide bonds. The first kappa shape index (κ1) is 12.0. The summed E-state index contributed by atoms with van der Waals surface area (Å²) in [5.41, 5.74) is 0.908. The molecule has 0 spiro atoms. The van der Waals surface area contributed by atoms with Crippen LogP contribution in [0.2, 0.25) is 0 Å². The van der Waals surface area contributed by atoms with Gasteiger partial charge in [-0.1, -0.05) is 13.8 Å². The van der Waals surface area contributed by atoms with Crippen LogP contribution in [0.5, 0.6) is 5.75 Å². The summed E-state index contributed by atoms with van der Waals surface area (Å²) in [6.07, 6.45) is 0.777. The number of methoxy groups -OCH3 is 1. The Hall–Kier alpha value is -1.09. The monoisotopic (exact) mass is 211 g/mol. The van der Waals surface area contributed by atoms with Gasteiger partial charge in [0.25, 0.3) is 0 Å². The van der Waals surface area contributed by atoms with Crippen LogP contribution >= 0.6 is 0 Å². The van der Waals surface area contributed by atoms with Crippen LogP contribution in [-0.2, 0) is 6.42 Å². The van der Waals surface area contributed by atoms with Crippen molar-refractivity contribution in [1.29, 1.82) is 0 Å². The van der Waals surface area contributed by atoms with Crippen molar-refractivity contribution in [3.05, 3.63) is 29.6 Å². The van der Waals surface area contributed by atoms with Gasteiger partial charge in [0.1, 0.15) is 11.6 Å². The fourth-order valence-corrected chi connectivity index (χ4v) is 1.44. The summed E-state index contributed by atoms with van der Waals surface area (Å²) < 4.78 is 18.2. The van der Waals surface area contributed by atoms with Gasteiger partial charge in [0.15, 0.2) is 0 Å². The maximum Gasteiger partial charge on any atom is 0.123 e. The fourth-order valence-electron chi connectivity index (χ4n) is 1.44. The third-order valence-corrected chi connectivity index (χ3v) is 2.19. The van der Waals surface area contributed by atoms with Crippen molar-refractivity contribution >= 4 is 0 Å². The minimum absolute atomic E-state index is 0.213. The van der Waals surface area contributed by atoms with Crippen LogP contribution in [0.4, 0.5) is 4.39 Å². The molecule has 2 nitrogen and oxygen atoms in total. The molecule has 0 aliphatic heterocycles. The Kier molecular flexibility index (Phi) is 4.56. The summed E-state index contributed by atoms with van der Waals surface area (Å²) in [5.74, 6) is 0.539. The highest BCUT2D eigenvalue weighted by molar-refractivity contribution is 5.34. The summed E-state index contributed by atoms with van der Waals surface area (Å²) in [5, 5.41) is 3.29. The Balaban J connectivity index is 2.62. The zero-order valence-electron chi connectivity index (χ0n) is 9.51. The lowest BCUT2D eigenvalue weighted by molar-refractivity contribution is 0.407. The maximum absolute atomic E-state index is 13.0. The van der Waals surface area contributed by atoms with Gasteiger partial charge < -0.3 is 10.1 Å². The van der Waals surface area contributed by atoms with Crippen molar-refractivity contribution in [2.75, 3.05) is 13.7 Å². The van der Waals surface area contributed by atoms with E-state index < -0.39 is 0 Å². The van der Waals surface area contributed by atoms with E-state index in [1.165, 1.54) is 12.1 Å². The Morgan fingerprint density at radius 2 is 2.13 bits per heavy atom. The van der Waals surface area contributed by atoms with Gasteiger partial charge in [-0.2, -0.15) is 0 Å². The molecule has 0 unspecified atom stereocenters. The van der Waals surface area contributed by atoms with E-state index >= 15 is 0 Å². The van der Waals surface area contributed by atoms with E-state index in [0.29, 0.717) is 6.04 Å². The fraction of sp³-hybridized carbons (Fsp3) is 0.500. The second-order valence-electron chi connectivity index (χ2n) is 3.81. The van der Waals surface area contributed by atoms with Crippen molar-refractivity contribution in [3.63, 3.8) is 0 Å². The van der Waals surface area contributed by atoms with Crippen molar-refractivity contribution < 1.29 is 9.13 Å². The number of hydrogen-bond acceptors (Lipinski definition) is 2. The number of nitrogens with one attached hydrogen (secondary N) is 1. The zero-order valence-corrected chi connectivity index (χ0v) is 9.51. The molecule has 0 saturated heterocycles. The molecule has 0 saturated carbocycles. The van der Waals surface area contributed by atoms with E-state index in [0.717, 1.165) is 24.3 Å². The van der Waals surface area contributed by atoms with Crippen LogP contribution in [0, 0.1) is 5.82 Å². The third kappa shape index (κ3) is 3.88. The molecule has 0 aliphatic rings. The summed E-state index contributed by atoms with van der Waals surface area (Å²) in [4.78, 5) is 0. The molecule has 0 bridgehead atoms. The summed E-state index contributed by atoms with van der Waals surface area (Å²) >= 11 is 0. The van der Waals surface area contributed by atoms with Crippen LogP contribution in [0.1, 0.15) is 19.4 Å². The molecule has 0 atom stereocenters. The van der Waals surface area contributed by atoms with Crippen LogP contribution in [0.25, 0.3) is 0 Å². The average Bonchev–Trinajstić information content (AvgIpc) is 2.17. The normalized spacial score (nSPS) is 10.7. The van der Waals surface area contributed by atoms with Gasteiger partial charge in [0.2, 0.25) is 0 Å². The summed E-state index contributed by atoms with van der Waals surface area (Å²) in [7, 11) is 1.60. The van der Waals surface area contributed by atoms with Gasteiger partial charge in [-0.05, 0) is 36.7 Å². The second-order valence-corrected chi connectivity index (χ2v) is 3.81. The van der Waals surface area contributed by atoms with E-state index in [9.17, 15) is 4.39 Å². The first-order chi connectivity index (χ1) is 7.13. The van der Waals surface area contributed by atoms with Gasteiger partial charge in [0, 0.05) is 6.04 Å². The topological polar surface area (TPSA) is 21.3 Å². The van der Waals surface area contributed by atoms with Crippen LogP contribution in [0.15, 0.2) is 18.2 Å². The molecule has 1 aromatic rings. The van der Waals surface area contributed by atoms with E-state index in [4.69, 9.17) is 4.74 Å². The third-order valence-electron chi connectivity index (χ3n) is 2.19. The number of rotatable bonds is 5. The van der Waals surface area contributed by atoms with Crippen molar-refractivity contribution in [1.82, 2.24) is 5.32 Å². The maximum atomic E-state index is 13.0. The molecule has 15 heavy (non-hydrogen) atoms. The molecule has 1 aromatic carbocycles. The lowest BCUT2D eigenvalue weighted by Crippen LogP contribution is -2.25. The first-order valence-corrected chi connectivity index (χ1v) is 5.19. The highest BCUT2D eigenvalue weighted by Gasteiger charge is 2.04. The summed E-state index contributed by atoms with van der Waals surface area (Å²) in [6, 6.07) is 5.06. The van der Waals surface area contributed by atoms with E-state index in [2.05, 4.69) is 19.2 Å². The largest absolute Gasteiger partial charge is 0.496 e. The predicted molar refractivity (Wildman–Crippen MR) is 59.8 cm³/mol. The Bertz CT molecular complexity index is 312. The van der Waals surface area contributed by atoms with E-state index in [1.54, 1.807) is 13.2 Å². The molecular formula is C12H18FNO. The highest BCUT2D eigenvalue weighted by Crippen LogP contribution is 2.19. The van der Waals surface area contributed by atoms with Crippen LogP contribution < -0.4 is 10.1 Å². The van der Waals surface area contributed by atoms with Crippen molar-refractivity contribution in [2.45, 2.75) is 26.3 Å². The molecule has 0 aromatic heterocycles. The lowest BCUT2D eigenvalue weighted by Gasteiger charge is -2.10. The summed E-state index contributed by atoms with van der Waals surface area (Å²) in [6.45, 7) is 5.00. The number of benzene rings is 1. The second kappa shape index (κ2) is 5.71. The van der Waals surface area contributed by atoms with Gasteiger partial charge in [0.05, 0.1) is 7.11 Å². The Labute approximate surface area is 90.4 Å². The van der Waals surface area contributed by atoms with Gasteiger partial charge in [-0.15, -0.1) is 0 Å². The van der Waals surface area contributed by atoms with Crippen LogP contribution in [-0.4, -0.2) is 19.7 Å². The quantitative estimate of drug-likeness (QED) is 0.807. The van der Waals surface area contributed by atoms with E-state index in [-0.39, 0.29) is 5.82 Å². The van der Waals surface area contributed by atoms with Crippen molar-refractivity contribution in [3.8, 4) is 5.75 Å². The molecule has 0 heterocycles. The molecule has 0 fully saturated rings. The van der Waals surface area contributed by atoms with Crippen molar-refractivity contribution in [2.24, 2.45) is 0 Å². The number of halogens is 1. The average molecular weight is 211 g/mol. The molecule has 1 N–H and O–H groups in total. The predicted octanol–water partition coefficient (Wildman–Crippen LogP) is 2.37. The molecule has 3 heteroatoms. The Morgan fingerprint density at radius 1 is 1.40 bits per heavy atom.